The molecule has 1 aromatic heterocycles. The highest BCUT2D eigenvalue weighted by atomic mass is 35.5. The molecule has 1 unspecified atom stereocenters. The van der Waals surface area contributed by atoms with Crippen LogP contribution in [-0.2, 0) is 0 Å². The van der Waals surface area contributed by atoms with E-state index in [1.807, 2.05) is 45.0 Å². The number of nitriles is 1. The number of likely N-dealkylation sites (N-methyl/N-ethyl adjacent to an activating group) is 1. The molecule has 3 aromatic rings. The molecule has 182 valence electrons. The van der Waals surface area contributed by atoms with Crippen LogP contribution in [0.5, 0.6) is 0 Å². The number of imide groups is 1. The molecule has 2 aromatic carbocycles. The van der Waals surface area contributed by atoms with Gasteiger partial charge in [-0.3, -0.25) is 19.3 Å². The molecular formula is C26H22ClN5O3S. The summed E-state index contributed by atoms with van der Waals surface area (Å²) < 4.78 is 0. The molecule has 1 atom stereocenters. The van der Waals surface area contributed by atoms with Gasteiger partial charge in [0.2, 0.25) is 0 Å². The van der Waals surface area contributed by atoms with E-state index in [1.165, 1.54) is 4.90 Å². The third-order valence-corrected chi connectivity index (χ3v) is 7.54. The quantitative estimate of drug-likeness (QED) is 0.196. The number of carbonyl (C=O) groups excluding carboxylic acids is 3. The molecule has 0 aliphatic carbocycles. The van der Waals surface area contributed by atoms with Gasteiger partial charge in [0.15, 0.2) is 11.3 Å². The smallest absolute Gasteiger partial charge is 0.261 e. The first kappa shape index (κ1) is 25.2. The van der Waals surface area contributed by atoms with Crippen LogP contribution in [0.2, 0.25) is 5.02 Å². The van der Waals surface area contributed by atoms with E-state index in [-0.39, 0.29) is 44.9 Å². The van der Waals surface area contributed by atoms with Crippen molar-refractivity contribution in [1.29, 1.82) is 5.26 Å². The molecule has 0 radical (unpaired) electrons. The van der Waals surface area contributed by atoms with Crippen molar-refractivity contribution in [2.75, 3.05) is 18.0 Å². The fourth-order valence-electron chi connectivity index (χ4n) is 4.21. The van der Waals surface area contributed by atoms with Crippen molar-refractivity contribution in [2.45, 2.75) is 26.8 Å². The van der Waals surface area contributed by atoms with Crippen LogP contribution in [0.3, 0.4) is 0 Å². The van der Waals surface area contributed by atoms with Crippen LogP contribution >= 0.6 is 22.9 Å². The van der Waals surface area contributed by atoms with Crippen LogP contribution < -0.4 is 4.90 Å². The molecule has 0 fully saturated rings. The van der Waals surface area contributed by atoms with E-state index >= 15 is 0 Å². The lowest BCUT2D eigenvalue weighted by atomic mass is 10.1. The van der Waals surface area contributed by atoms with Gasteiger partial charge >= 0.3 is 0 Å². The SMILES string of the molecule is CCN(c1ccc(/N=N/c2sc(C=O)c(Cl)c2C#N)c(C)c1)C(C)CN1C(=O)c2ccccc2C1=O. The number of benzene rings is 2. The van der Waals surface area contributed by atoms with Gasteiger partial charge in [-0.25, -0.2) is 0 Å². The summed E-state index contributed by atoms with van der Waals surface area (Å²) in [5.41, 5.74) is 3.37. The van der Waals surface area contributed by atoms with Gasteiger partial charge < -0.3 is 4.90 Å². The Morgan fingerprint density at radius 1 is 1.17 bits per heavy atom. The van der Waals surface area contributed by atoms with E-state index in [0.717, 1.165) is 22.6 Å². The Labute approximate surface area is 217 Å². The van der Waals surface area contributed by atoms with Crippen molar-refractivity contribution >= 4 is 57.4 Å². The topological polar surface area (TPSA) is 106 Å². The first-order valence-electron chi connectivity index (χ1n) is 11.2. The Morgan fingerprint density at radius 2 is 1.83 bits per heavy atom. The van der Waals surface area contributed by atoms with E-state index in [1.54, 1.807) is 24.3 Å². The number of hydrogen-bond donors (Lipinski definition) is 0. The molecular weight excluding hydrogens is 498 g/mol. The number of anilines is 1. The molecule has 2 amide bonds. The summed E-state index contributed by atoms with van der Waals surface area (Å²) >= 11 is 7.06. The van der Waals surface area contributed by atoms with E-state index in [9.17, 15) is 19.6 Å². The number of halogens is 1. The first-order chi connectivity index (χ1) is 17.3. The van der Waals surface area contributed by atoms with Gasteiger partial charge in [0.25, 0.3) is 11.8 Å². The highest BCUT2D eigenvalue weighted by Crippen LogP contribution is 2.39. The predicted octanol–water partition coefficient (Wildman–Crippen LogP) is 6.32. The lowest BCUT2D eigenvalue weighted by molar-refractivity contribution is 0.0645. The minimum absolute atomic E-state index is 0.0872. The van der Waals surface area contributed by atoms with Crippen LogP contribution in [-0.4, -0.2) is 42.1 Å². The fraction of sp³-hybridized carbons (Fsp3) is 0.231. The summed E-state index contributed by atoms with van der Waals surface area (Å²) in [6.07, 6.45) is 0.593. The second-order valence-electron chi connectivity index (χ2n) is 8.26. The number of thiophene rings is 1. The molecule has 1 aliphatic heterocycles. The van der Waals surface area contributed by atoms with Gasteiger partial charge in [-0.1, -0.05) is 23.7 Å². The molecule has 0 saturated carbocycles. The molecule has 0 spiro atoms. The van der Waals surface area contributed by atoms with Gasteiger partial charge in [-0.2, -0.15) is 5.26 Å². The third-order valence-electron chi connectivity index (χ3n) is 6.03. The summed E-state index contributed by atoms with van der Waals surface area (Å²) in [5.74, 6) is -0.540. The fourth-order valence-corrected chi connectivity index (χ4v) is 5.33. The monoisotopic (exact) mass is 519 g/mol. The number of nitrogens with zero attached hydrogens (tertiary/aromatic N) is 5. The largest absolute Gasteiger partial charge is 0.367 e. The Kier molecular flexibility index (Phi) is 7.29. The maximum absolute atomic E-state index is 12.8. The van der Waals surface area contributed by atoms with Crippen LogP contribution in [0.25, 0.3) is 0 Å². The Morgan fingerprint density at radius 3 is 2.39 bits per heavy atom. The Balaban J connectivity index is 1.53. The molecule has 36 heavy (non-hydrogen) atoms. The number of aldehydes is 1. The summed E-state index contributed by atoms with van der Waals surface area (Å²) in [6, 6.07) is 14.4. The number of aryl methyl sites for hydroxylation is 1. The number of rotatable bonds is 8. The summed E-state index contributed by atoms with van der Waals surface area (Å²) in [5, 5.41) is 18.1. The molecule has 0 saturated heterocycles. The van der Waals surface area contributed by atoms with Crippen molar-refractivity contribution < 1.29 is 14.4 Å². The third kappa shape index (κ3) is 4.53. The molecule has 0 bridgehead atoms. The average molecular weight is 520 g/mol. The highest BCUT2D eigenvalue weighted by molar-refractivity contribution is 7.18. The van der Waals surface area contributed by atoms with Crippen LogP contribution in [0.15, 0.2) is 52.7 Å². The van der Waals surface area contributed by atoms with E-state index in [4.69, 9.17) is 11.6 Å². The van der Waals surface area contributed by atoms with Gasteiger partial charge in [0.1, 0.15) is 11.6 Å². The summed E-state index contributed by atoms with van der Waals surface area (Å²) in [6.45, 7) is 6.80. The minimum Gasteiger partial charge on any atom is -0.367 e. The zero-order valence-electron chi connectivity index (χ0n) is 19.9. The second-order valence-corrected chi connectivity index (χ2v) is 9.67. The zero-order valence-corrected chi connectivity index (χ0v) is 21.4. The minimum atomic E-state index is -0.270. The van der Waals surface area contributed by atoms with Crippen LogP contribution in [0, 0.1) is 18.3 Å². The number of azo groups is 1. The lowest BCUT2D eigenvalue weighted by Crippen LogP contribution is -2.44. The van der Waals surface area contributed by atoms with Crippen molar-refractivity contribution in [2.24, 2.45) is 10.2 Å². The summed E-state index contributed by atoms with van der Waals surface area (Å²) in [7, 11) is 0. The highest BCUT2D eigenvalue weighted by Gasteiger charge is 2.36. The van der Waals surface area contributed by atoms with E-state index in [0.29, 0.717) is 29.6 Å². The molecule has 4 rings (SSSR count). The first-order valence-corrected chi connectivity index (χ1v) is 12.4. The molecule has 2 heterocycles. The van der Waals surface area contributed by atoms with Gasteiger partial charge in [0.05, 0.1) is 26.7 Å². The van der Waals surface area contributed by atoms with Crippen LogP contribution in [0.4, 0.5) is 16.4 Å². The lowest BCUT2D eigenvalue weighted by Gasteiger charge is -2.32. The molecule has 10 heteroatoms. The van der Waals surface area contributed by atoms with E-state index in [2.05, 4.69) is 15.1 Å². The van der Waals surface area contributed by atoms with Gasteiger partial charge in [-0.15, -0.1) is 21.6 Å². The number of hydrogen-bond acceptors (Lipinski definition) is 8. The maximum atomic E-state index is 12.8. The molecule has 8 nitrogen and oxygen atoms in total. The Bertz CT molecular complexity index is 1410. The van der Waals surface area contributed by atoms with Crippen molar-refractivity contribution in [3.63, 3.8) is 0 Å². The normalized spacial score (nSPS) is 13.7. The maximum Gasteiger partial charge on any atom is 0.261 e. The Hall–Kier alpha value is -3.87. The second kappa shape index (κ2) is 10.4. The number of fused-ring (bicyclic) bond motifs is 1. The van der Waals surface area contributed by atoms with Crippen molar-refractivity contribution in [1.82, 2.24) is 4.90 Å². The average Bonchev–Trinajstić information content (AvgIpc) is 3.32. The number of amides is 2. The van der Waals surface area contributed by atoms with Crippen molar-refractivity contribution in [3.05, 3.63) is 74.6 Å². The van der Waals surface area contributed by atoms with Gasteiger partial charge in [0, 0.05) is 24.8 Å². The van der Waals surface area contributed by atoms with Gasteiger partial charge in [-0.05, 0) is 56.7 Å². The van der Waals surface area contributed by atoms with Crippen LogP contribution in [0.1, 0.15) is 55.4 Å². The molecule has 1 aliphatic rings. The predicted molar refractivity (Wildman–Crippen MR) is 139 cm³/mol. The molecule has 0 N–H and O–H groups in total. The van der Waals surface area contributed by atoms with E-state index < -0.39 is 0 Å². The standard InChI is InChI=1S/C26H22ClN5O3S/c1-4-31(16(3)13-32-25(34)18-7-5-6-8-19(18)26(32)35)17-9-10-21(15(2)11-17)29-30-24-20(12-28)23(27)22(14-33)36-24/h5-11,14,16H,4,13H2,1-3H3/b30-29+. The summed E-state index contributed by atoms with van der Waals surface area (Å²) in [4.78, 5) is 40.3. The van der Waals surface area contributed by atoms with Crippen molar-refractivity contribution in [3.8, 4) is 6.07 Å². The number of carbonyl (C=O) groups is 3. The zero-order chi connectivity index (χ0) is 26.0.